The van der Waals surface area contributed by atoms with Gasteiger partial charge in [0.25, 0.3) is 10.0 Å². The number of sulfonamides is 1. The minimum Gasteiger partial charge on any atom is -0.277 e. The molecular weight excluding hydrogens is 304 g/mol. The monoisotopic (exact) mass is 312 g/mol. The van der Waals surface area contributed by atoms with Gasteiger partial charge in [-0.05, 0) is 40.2 Å². The second-order valence-electron chi connectivity index (χ2n) is 3.26. The second kappa shape index (κ2) is 4.85. The molecule has 0 radical (unpaired) electrons. The molecule has 1 aromatic heterocycles. The Morgan fingerprint density at radius 2 is 1.76 bits per heavy atom. The summed E-state index contributed by atoms with van der Waals surface area (Å²) >= 11 is 3.18. The Balaban J connectivity index is 2.34. The van der Waals surface area contributed by atoms with Crippen LogP contribution in [0.15, 0.2) is 58.2 Å². The molecule has 0 fully saturated rings. The summed E-state index contributed by atoms with van der Waals surface area (Å²) in [6, 6.07) is 11.5. The molecule has 17 heavy (non-hydrogen) atoms. The van der Waals surface area contributed by atoms with E-state index in [1.807, 2.05) is 0 Å². The van der Waals surface area contributed by atoms with Gasteiger partial charge in [-0.1, -0.05) is 18.2 Å². The van der Waals surface area contributed by atoms with Gasteiger partial charge in [0, 0.05) is 6.20 Å². The molecular formula is C11H9BrN2O2S. The molecule has 0 saturated carbocycles. The lowest BCUT2D eigenvalue weighted by atomic mass is 10.4. The van der Waals surface area contributed by atoms with Crippen molar-refractivity contribution < 1.29 is 8.42 Å². The average molecular weight is 313 g/mol. The minimum absolute atomic E-state index is 0.218. The average Bonchev–Trinajstić information content (AvgIpc) is 2.33. The van der Waals surface area contributed by atoms with Crippen LogP contribution in [-0.2, 0) is 10.0 Å². The first-order valence-electron chi connectivity index (χ1n) is 4.78. The maximum atomic E-state index is 12.0. The van der Waals surface area contributed by atoms with Crippen LogP contribution < -0.4 is 4.72 Å². The van der Waals surface area contributed by atoms with Crippen LogP contribution in [0.1, 0.15) is 0 Å². The van der Waals surface area contributed by atoms with Crippen LogP contribution in [0.4, 0.5) is 5.69 Å². The molecule has 1 heterocycles. The van der Waals surface area contributed by atoms with Crippen molar-refractivity contribution in [2.45, 2.75) is 4.90 Å². The van der Waals surface area contributed by atoms with Crippen LogP contribution in [0.5, 0.6) is 0 Å². The third-order valence-corrected chi connectivity index (χ3v) is 4.07. The van der Waals surface area contributed by atoms with E-state index in [1.165, 1.54) is 12.1 Å². The molecule has 0 spiro atoms. The van der Waals surface area contributed by atoms with E-state index < -0.39 is 10.0 Å². The molecule has 1 aromatic carbocycles. The highest BCUT2D eigenvalue weighted by Gasteiger charge is 2.14. The highest BCUT2D eigenvalue weighted by molar-refractivity contribution is 9.10. The number of pyridine rings is 1. The highest BCUT2D eigenvalue weighted by atomic mass is 79.9. The summed E-state index contributed by atoms with van der Waals surface area (Å²) in [7, 11) is -3.56. The first kappa shape index (κ1) is 12.1. The van der Waals surface area contributed by atoms with Crippen LogP contribution in [0.25, 0.3) is 0 Å². The fraction of sp³-hybridized carbons (Fsp3) is 0. The van der Waals surface area contributed by atoms with Crippen molar-refractivity contribution in [1.82, 2.24) is 4.98 Å². The molecule has 1 N–H and O–H groups in total. The van der Waals surface area contributed by atoms with E-state index in [4.69, 9.17) is 0 Å². The summed E-state index contributed by atoms with van der Waals surface area (Å²) < 4.78 is 26.9. The first-order chi connectivity index (χ1) is 8.09. The van der Waals surface area contributed by atoms with Gasteiger partial charge in [0.15, 0.2) is 0 Å². The maximum Gasteiger partial charge on any atom is 0.261 e. The molecule has 0 aliphatic rings. The van der Waals surface area contributed by atoms with Crippen molar-refractivity contribution >= 4 is 31.6 Å². The number of nitrogens with zero attached hydrogens (tertiary/aromatic N) is 1. The third-order valence-electron chi connectivity index (χ3n) is 2.06. The molecule has 0 saturated heterocycles. The van der Waals surface area contributed by atoms with Gasteiger partial charge in [0.2, 0.25) is 0 Å². The molecule has 6 heteroatoms. The largest absolute Gasteiger partial charge is 0.277 e. The molecule has 88 valence electrons. The Morgan fingerprint density at radius 3 is 2.41 bits per heavy atom. The maximum absolute atomic E-state index is 12.0. The van der Waals surface area contributed by atoms with Crippen LogP contribution in [-0.4, -0.2) is 13.4 Å². The van der Waals surface area contributed by atoms with Crippen molar-refractivity contribution in [3.8, 4) is 0 Å². The number of halogens is 1. The van der Waals surface area contributed by atoms with Gasteiger partial charge in [-0.15, -0.1) is 0 Å². The molecule has 0 aliphatic carbocycles. The number of hydrogen-bond acceptors (Lipinski definition) is 3. The summed E-state index contributed by atoms with van der Waals surface area (Å²) in [5.41, 5.74) is 0.413. The summed E-state index contributed by atoms with van der Waals surface area (Å²) in [4.78, 5) is 4.16. The zero-order chi connectivity index (χ0) is 12.3. The minimum atomic E-state index is -3.56. The van der Waals surface area contributed by atoms with E-state index in [-0.39, 0.29) is 4.90 Å². The quantitative estimate of drug-likeness (QED) is 0.886. The number of anilines is 1. The zero-order valence-electron chi connectivity index (χ0n) is 8.67. The van der Waals surface area contributed by atoms with Crippen molar-refractivity contribution in [2.24, 2.45) is 0 Å². The van der Waals surface area contributed by atoms with E-state index in [2.05, 4.69) is 25.6 Å². The van der Waals surface area contributed by atoms with Gasteiger partial charge < -0.3 is 0 Å². The lowest BCUT2D eigenvalue weighted by Gasteiger charge is -2.08. The number of aromatic nitrogens is 1. The number of nitrogens with one attached hydrogen (secondary N) is 1. The molecule has 0 unspecified atom stereocenters. The smallest absolute Gasteiger partial charge is 0.261 e. The Kier molecular flexibility index (Phi) is 3.44. The molecule has 4 nitrogen and oxygen atoms in total. The topological polar surface area (TPSA) is 59.1 Å². The van der Waals surface area contributed by atoms with Crippen LogP contribution >= 0.6 is 15.9 Å². The van der Waals surface area contributed by atoms with Gasteiger partial charge in [0.05, 0.1) is 10.6 Å². The van der Waals surface area contributed by atoms with E-state index in [9.17, 15) is 8.42 Å². The zero-order valence-corrected chi connectivity index (χ0v) is 11.1. The van der Waals surface area contributed by atoms with Gasteiger partial charge in [-0.3, -0.25) is 4.72 Å². The molecule has 0 amide bonds. The lowest BCUT2D eigenvalue weighted by Crippen LogP contribution is -2.13. The highest BCUT2D eigenvalue weighted by Crippen LogP contribution is 2.22. The molecule has 0 aliphatic heterocycles. The van der Waals surface area contributed by atoms with Gasteiger partial charge >= 0.3 is 0 Å². The molecule has 0 bridgehead atoms. The third kappa shape index (κ3) is 2.83. The fourth-order valence-corrected chi connectivity index (χ4v) is 2.83. The Labute approximate surface area is 108 Å². The number of hydrogen-bond donors (Lipinski definition) is 1. The van der Waals surface area contributed by atoms with E-state index in [0.717, 1.165) is 0 Å². The van der Waals surface area contributed by atoms with Crippen molar-refractivity contribution in [1.29, 1.82) is 0 Å². The second-order valence-corrected chi connectivity index (χ2v) is 5.69. The van der Waals surface area contributed by atoms with Crippen molar-refractivity contribution in [3.63, 3.8) is 0 Å². The predicted molar refractivity (Wildman–Crippen MR) is 69.2 cm³/mol. The summed E-state index contributed by atoms with van der Waals surface area (Å²) in [5.74, 6) is 0. The van der Waals surface area contributed by atoms with Crippen molar-refractivity contribution in [3.05, 3.63) is 53.3 Å². The SMILES string of the molecule is O=S(=O)(Nc1cccnc1Br)c1ccccc1. The summed E-state index contributed by atoms with van der Waals surface area (Å²) in [5, 5.41) is 0. The Bertz CT molecular complexity index is 614. The first-order valence-corrected chi connectivity index (χ1v) is 7.05. The molecule has 2 aromatic rings. The van der Waals surface area contributed by atoms with E-state index >= 15 is 0 Å². The van der Waals surface area contributed by atoms with Crippen LogP contribution in [0.3, 0.4) is 0 Å². The summed E-state index contributed by atoms with van der Waals surface area (Å²) in [6.07, 6.45) is 1.57. The van der Waals surface area contributed by atoms with Crippen LogP contribution in [0.2, 0.25) is 0 Å². The van der Waals surface area contributed by atoms with E-state index in [1.54, 1.807) is 36.5 Å². The normalized spacial score (nSPS) is 11.1. The fourth-order valence-electron chi connectivity index (χ4n) is 1.27. The number of rotatable bonds is 3. The van der Waals surface area contributed by atoms with Crippen molar-refractivity contribution in [2.75, 3.05) is 4.72 Å². The molecule has 0 atom stereocenters. The van der Waals surface area contributed by atoms with Crippen LogP contribution in [0, 0.1) is 0 Å². The van der Waals surface area contributed by atoms with Gasteiger partial charge in [0.1, 0.15) is 4.60 Å². The Hall–Kier alpha value is -1.40. The Morgan fingerprint density at radius 1 is 1.06 bits per heavy atom. The molecule has 2 rings (SSSR count). The van der Waals surface area contributed by atoms with Gasteiger partial charge in [-0.2, -0.15) is 0 Å². The predicted octanol–water partition coefficient (Wildman–Crippen LogP) is 2.64. The lowest BCUT2D eigenvalue weighted by molar-refractivity contribution is 0.601. The van der Waals surface area contributed by atoms with E-state index in [0.29, 0.717) is 10.3 Å². The number of benzene rings is 1. The summed E-state index contributed by atoms with van der Waals surface area (Å²) in [6.45, 7) is 0. The standard InChI is InChI=1S/C11H9BrN2O2S/c12-11-10(7-4-8-13-11)14-17(15,16)9-5-2-1-3-6-9/h1-8,14H. The van der Waals surface area contributed by atoms with Gasteiger partial charge in [-0.25, -0.2) is 13.4 Å².